The first kappa shape index (κ1) is 13.7. The molecular formula is C16H25N3O. The number of rotatable bonds is 4. The van der Waals surface area contributed by atoms with Crippen LogP contribution in [0.4, 0.5) is 11.4 Å². The first-order valence-electron chi connectivity index (χ1n) is 7.82. The summed E-state index contributed by atoms with van der Waals surface area (Å²) in [6.45, 7) is 5.82. The van der Waals surface area contributed by atoms with Crippen LogP contribution in [0.2, 0.25) is 0 Å². The zero-order chi connectivity index (χ0) is 13.6. The van der Waals surface area contributed by atoms with Crippen LogP contribution in [0.15, 0.2) is 24.3 Å². The molecule has 1 aromatic rings. The standard InChI is InChI=1S/C16H25N3O/c1-2-7-16(19-9-11-20-12-10-19)15(6-1)18-13-14-5-3-4-8-17-14/h1-2,6-7,14,17-18H,3-5,8-13H2. The van der Waals surface area contributed by atoms with Crippen LogP contribution in [0.1, 0.15) is 19.3 Å². The van der Waals surface area contributed by atoms with E-state index in [-0.39, 0.29) is 0 Å². The van der Waals surface area contributed by atoms with Crippen molar-refractivity contribution in [3.8, 4) is 0 Å². The number of anilines is 2. The molecule has 0 spiro atoms. The number of para-hydroxylation sites is 2. The summed E-state index contributed by atoms with van der Waals surface area (Å²) in [5, 5.41) is 7.23. The second-order valence-corrected chi connectivity index (χ2v) is 5.64. The van der Waals surface area contributed by atoms with Gasteiger partial charge in [0.1, 0.15) is 0 Å². The number of hydrogen-bond acceptors (Lipinski definition) is 4. The minimum absolute atomic E-state index is 0.612. The quantitative estimate of drug-likeness (QED) is 0.882. The van der Waals surface area contributed by atoms with Crippen molar-refractivity contribution in [3.63, 3.8) is 0 Å². The van der Waals surface area contributed by atoms with Crippen molar-refractivity contribution in [2.24, 2.45) is 0 Å². The summed E-state index contributed by atoms with van der Waals surface area (Å²) < 4.78 is 5.44. The van der Waals surface area contributed by atoms with Crippen molar-refractivity contribution < 1.29 is 4.74 Å². The smallest absolute Gasteiger partial charge is 0.0642 e. The molecule has 0 bridgehead atoms. The highest BCUT2D eigenvalue weighted by molar-refractivity contribution is 5.70. The minimum atomic E-state index is 0.612. The maximum Gasteiger partial charge on any atom is 0.0642 e. The Labute approximate surface area is 121 Å². The SMILES string of the molecule is c1ccc(N2CCOCC2)c(NCC2CCCCN2)c1. The Morgan fingerprint density at radius 2 is 2.05 bits per heavy atom. The molecular weight excluding hydrogens is 250 g/mol. The van der Waals surface area contributed by atoms with Gasteiger partial charge in [-0.05, 0) is 31.5 Å². The Morgan fingerprint density at radius 1 is 1.20 bits per heavy atom. The van der Waals surface area contributed by atoms with Crippen LogP contribution in [0.25, 0.3) is 0 Å². The fourth-order valence-corrected chi connectivity index (χ4v) is 3.03. The molecule has 1 unspecified atom stereocenters. The van der Waals surface area contributed by atoms with E-state index in [1.54, 1.807) is 0 Å². The Bertz CT molecular complexity index is 412. The fraction of sp³-hybridized carbons (Fsp3) is 0.625. The summed E-state index contributed by atoms with van der Waals surface area (Å²) in [5.41, 5.74) is 2.56. The zero-order valence-electron chi connectivity index (χ0n) is 12.1. The van der Waals surface area contributed by atoms with Crippen LogP contribution in [0, 0.1) is 0 Å². The summed E-state index contributed by atoms with van der Waals surface area (Å²) in [6.07, 6.45) is 3.96. The molecule has 4 heteroatoms. The van der Waals surface area contributed by atoms with Crippen molar-refractivity contribution in [1.82, 2.24) is 5.32 Å². The predicted octanol–water partition coefficient (Wildman–Crippen LogP) is 2.08. The number of nitrogens with zero attached hydrogens (tertiary/aromatic N) is 1. The maximum absolute atomic E-state index is 5.44. The van der Waals surface area contributed by atoms with E-state index in [4.69, 9.17) is 4.74 Å². The molecule has 2 fully saturated rings. The van der Waals surface area contributed by atoms with Gasteiger partial charge in [0.15, 0.2) is 0 Å². The molecule has 2 aliphatic rings. The zero-order valence-corrected chi connectivity index (χ0v) is 12.1. The van der Waals surface area contributed by atoms with E-state index in [9.17, 15) is 0 Å². The Kier molecular flexibility index (Phi) is 4.77. The van der Waals surface area contributed by atoms with Gasteiger partial charge < -0.3 is 20.3 Å². The lowest BCUT2D eigenvalue weighted by atomic mass is 10.0. The average Bonchev–Trinajstić information content (AvgIpc) is 2.55. The van der Waals surface area contributed by atoms with Gasteiger partial charge in [0.05, 0.1) is 24.6 Å². The van der Waals surface area contributed by atoms with Gasteiger partial charge in [-0.2, -0.15) is 0 Å². The summed E-state index contributed by atoms with van der Waals surface area (Å²) in [7, 11) is 0. The van der Waals surface area contributed by atoms with E-state index >= 15 is 0 Å². The van der Waals surface area contributed by atoms with Gasteiger partial charge in [0.2, 0.25) is 0 Å². The van der Waals surface area contributed by atoms with Gasteiger partial charge >= 0.3 is 0 Å². The number of morpholine rings is 1. The third-order valence-electron chi connectivity index (χ3n) is 4.21. The Balaban J connectivity index is 1.62. The molecule has 0 amide bonds. The molecule has 0 aliphatic carbocycles. The van der Waals surface area contributed by atoms with Crippen molar-refractivity contribution in [2.45, 2.75) is 25.3 Å². The first-order valence-corrected chi connectivity index (χ1v) is 7.82. The lowest BCUT2D eigenvalue weighted by Gasteiger charge is -2.31. The van der Waals surface area contributed by atoms with E-state index in [0.29, 0.717) is 6.04 Å². The van der Waals surface area contributed by atoms with Gasteiger partial charge in [-0.15, -0.1) is 0 Å². The van der Waals surface area contributed by atoms with Gasteiger partial charge in [-0.25, -0.2) is 0 Å². The molecule has 20 heavy (non-hydrogen) atoms. The molecule has 4 nitrogen and oxygen atoms in total. The molecule has 2 aliphatic heterocycles. The third kappa shape index (κ3) is 3.44. The minimum Gasteiger partial charge on any atom is -0.382 e. The molecule has 2 heterocycles. The predicted molar refractivity (Wildman–Crippen MR) is 83.6 cm³/mol. The monoisotopic (exact) mass is 275 g/mol. The van der Waals surface area contributed by atoms with Crippen LogP contribution < -0.4 is 15.5 Å². The highest BCUT2D eigenvalue weighted by Crippen LogP contribution is 2.26. The molecule has 110 valence electrons. The molecule has 1 atom stereocenters. The lowest BCUT2D eigenvalue weighted by molar-refractivity contribution is 0.123. The highest BCUT2D eigenvalue weighted by Gasteiger charge is 2.16. The van der Waals surface area contributed by atoms with Crippen LogP contribution in [-0.2, 0) is 4.74 Å². The lowest BCUT2D eigenvalue weighted by Crippen LogP contribution is -2.40. The number of ether oxygens (including phenoxy) is 1. The van der Waals surface area contributed by atoms with Gasteiger partial charge in [0, 0.05) is 25.7 Å². The highest BCUT2D eigenvalue weighted by atomic mass is 16.5. The topological polar surface area (TPSA) is 36.5 Å². The molecule has 3 rings (SSSR count). The summed E-state index contributed by atoms with van der Waals surface area (Å²) in [4.78, 5) is 2.42. The Morgan fingerprint density at radius 3 is 2.85 bits per heavy atom. The van der Waals surface area contributed by atoms with Crippen molar-refractivity contribution >= 4 is 11.4 Å². The van der Waals surface area contributed by atoms with Crippen LogP contribution >= 0.6 is 0 Å². The average molecular weight is 275 g/mol. The second-order valence-electron chi connectivity index (χ2n) is 5.64. The van der Waals surface area contributed by atoms with Gasteiger partial charge in [0.25, 0.3) is 0 Å². The maximum atomic E-state index is 5.44. The van der Waals surface area contributed by atoms with Crippen LogP contribution in [0.5, 0.6) is 0 Å². The molecule has 1 aromatic carbocycles. The van der Waals surface area contributed by atoms with Crippen molar-refractivity contribution in [3.05, 3.63) is 24.3 Å². The summed E-state index contributed by atoms with van der Waals surface area (Å²) >= 11 is 0. The largest absolute Gasteiger partial charge is 0.382 e. The number of piperidine rings is 1. The van der Waals surface area contributed by atoms with E-state index in [2.05, 4.69) is 39.8 Å². The molecule has 2 N–H and O–H groups in total. The second kappa shape index (κ2) is 6.95. The van der Waals surface area contributed by atoms with E-state index in [1.165, 1.54) is 30.6 Å². The van der Waals surface area contributed by atoms with Crippen LogP contribution in [-0.4, -0.2) is 45.4 Å². The van der Waals surface area contributed by atoms with Crippen molar-refractivity contribution in [1.29, 1.82) is 0 Å². The Hall–Kier alpha value is -1.26. The normalized spacial score (nSPS) is 23.6. The molecule has 0 radical (unpaired) electrons. The van der Waals surface area contributed by atoms with E-state index in [1.807, 2.05) is 0 Å². The van der Waals surface area contributed by atoms with E-state index in [0.717, 1.165) is 39.4 Å². The fourth-order valence-electron chi connectivity index (χ4n) is 3.03. The van der Waals surface area contributed by atoms with E-state index < -0.39 is 0 Å². The number of hydrogen-bond donors (Lipinski definition) is 2. The number of benzene rings is 1. The summed E-state index contributed by atoms with van der Waals surface area (Å²) in [5.74, 6) is 0. The number of nitrogens with one attached hydrogen (secondary N) is 2. The van der Waals surface area contributed by atoms with Gasteiger partial charge in [-0.1, -0.05) is 18.6 Å². The first-order chi connectivity index (χ1) is 9.93. The van der Waals surface area contributed by atoms with Crippen molar-refractivity contribution in [2.75, 3.05) is 49.6 Å². The third-order valence-corrected chi connectivity index (χ3v) is 4.21. The van der Waals surface area contributed by atoms with Gasteiger partial charge in [-0.3, -0.25) is 0 Å². The van der Waals surface area contributed by atoms with Crippen LogP contribution in [0.3, 0.4) is 0 Å². The molecule has 0 aromatic heterocycles. The molecule has 2 saturated heterocycles. The molecule has 0 saturated carbocycles. The summed E-state index contributed by atoms with van der Waals surface area (Å²) in [6, 6.07) is 9.24.